The van der Waals surface area contributed by atoms with Crippen molar-refractivity contribution in [3.8, 4) is 17.1 Å². The lowest BCUT2D eigenvalue weighted by molar-refractivity contribution is 0.0180. The van der Waals surface area contributed by atoms with Gasteiger partial charge in [0, 0.05) is 38.7 Å². The minimum Gasteiger partial charge on any atom is -0.494 e. The topological polar surface area (TPSA) is 76.8 Å². The van der Waals surface area contributed by atoms with Crippen LogP contribution in [-0.4, -0.2) is 52.5 Å². The molecule has 1 aliphatic rings. The van der Waals surface area contributed by atoms with Gasteiger partial charge < -0.3 is 24.2 Å². The molecule has 3 rings (SSSR count). The smallest absolute Gasteiger partial charge is 0.259 e. The van der Waals surface area contributed by atoms with Crippen molar-refractivity contribution in [2.45, 2.75) is 19.3 Å². The van der Waals surface area contributed by atoms with E-state index in [0.717, 1.165) is 19.3 Å². The van der Waals surface area contributed by atoms with E-state index in [0.29, 0.717) is 30.1 Å². The predicted octanol–water partition coefficient (Wildman–Crippen LogP) is 3.10. The fourth-order valence-electron chi connectivity index (χ4n) is 3.50. The number of nitrogens with one attached hydrogen (secondary N) is 1. The number of carbonyl (C=O) groups is 1. The summed E-state index contributed by atoms with van der Waals surface area (Å²) < 4.78 is 29.6. The average Bonchev–Trinajstić information content (AvgIpc) is 3.09. The third kappa shape index (κ3) is 3.82. The molecule has 0 aliphatic heterocycles. The summed E-state index contributed by atoms with van der Waals surface area (Å²) in [5.41, 5.74) is 0.809. The lowest BCUT2D eigenvalue weighted by atomic mass is 9.69. The lowest BCUT2D eigenvalue weighted by Crippen LogP contribution is -2.45. The summed E-state index contributed by atoms with van der Waals surface area (Å²) in [4.78, 5) is 14.8. The Hall–Kier alpha value is -2.61. The third-order valence-electron chi connectivity index (χ3n) is 5.23. The van der Waals surface area contributed by atoms with E-state index in [1.54, 1.807) is 26.1 Å². The van der Waals surface area contributed by atoms with Crippen molar-refractivity contribution in [1.29, 1.82) is 0 Å². The van der Waals surface area contributed by atoms with Crippen LogP contribution in [-0.2, 0) is 4.74 Å². The molecule has 2 aromatic rings. The fraction of sp³-hybridized carbons (Fsp3) is 0.500. The molecule has 1 amide bonds. The molecule has 1 aliphatic carbocycles. The van der Waals surface area contributed by atoms with Gasteiger partial charge in [-0.25, -0.2) is 4.39 Å². The minimum atomic E-state index is -0.490. The van der Waals surface area contributed by atoms with E-state index in [4.69, 9.17) is 14.0 Å². The maximum atomic E-state index is 13.8. The standard InChI is InChI=1S/C20H26FN3O4/c1-24(2)18-16(19(25)22-11-20(12-26-3)8-5-9-20)17(28-23-18)13-6-7-14(21)15(10-13)27-4/h6-7,10H,5,8-9,11-12H2,1-4H3,(H,22,25). The molecule has 28 heavy (non-hydrogen) atoms. The van der Waals surface area contributed by atoms with Crippen molar-refractivity contribution >= 4 is 11.7 Å². The number of hydrogen-bond donors (Lipinski definition) is 1. The summed E-state index contributed by atoms with van der Waals surface area (Å²) >= 11 is 0. The van der Waals surface area contributed by atoms with Gasteiger partial charge in [-0.3, -0.25) is 4.79 Å². The largest absolute Gasteiger partial charge is 0.494 e. The Labute approximate surface area is 163 Å². The molecule has 1 saturated carbocycles. The monoisotopic (exact) mass is 391 g/mol. The Kier molecular flexibility index (Phi) is 5.88. The highest BCUT2D eigenvalue weighted by atomic mass is 19.1. The van der Waals surface area contributed by atoms with Crippen LogP contribution in [0.4, 0.5) is 10.2 Å². The number of ether oxygens (including phenoxy) is 2. The second-order valence-corrected chi connectivity index (χ2v) is 7.42. The van der Waals surface area contributed by atoms with Crippen LogP contribution in [0, 0.1) is 11.2 Å². The Morgan fingerprint density at radius 2 is 2.11 bits per heavy atom. The summed E-state index contributed by atoms with van der Waals surface area (Å²) in [6.07, 6.45) is 3.18. The molecule has 0 atom stereocenters. The normalized spacial score (nSPS) is 15.0. The summed E-state index contributed by atoms with van der Waals surface area (Å²) in [5, 5.41) is 7.04. The van der Waals surface area contributed by atoms with Gasteiger partial charge in [-0.15, -0.1) is 0 Å². The molecule has 0 unspecified atom stereocenters. The summed E-state index contributed by atoms with van der Waals surface area (Å²) in [6, 6.07) is 4.30. The molecule has 1 aromatic heterocycles. The van der Waals surface area contributed by atoms with Crippen molar-refractivity contribution in [2.24, 2.45) is 5.41 Å². The molecule has 1 fully saturated rings. The molecular weight excluding hydrogens is 365 g/mol. The number of halogens is 1. The van der Waals surface area contributed by atoms with Gasteiger partial charge in [0.2, 0.25) is 0 Å². The predicted molar refractivity (Wildman–Crippen MR) is 103 cm³/mol. The zero-order chi connectivity index (χ0) is 20.3. The highest BCUT2D eigenvalue weighted by Crippen LogP contribution is 2.41. The number of amides is 1. The van der Waals surface area contributed by atoms with Gasteiger partial charge in [-0.1, -0.05) is 11.6 Å². The number of benzene rings is 1. The second kappa shape index (κ2) is 8.18. The summed E-state index contributed by atoms with van der Waals surface area (Å²) in [6.45, 7) is 1.13. The number of carbonyl (C=O) groups excluding carboxylic acids is 1. The van der Waals surface area contributed by atoms with Gasteiger partial charge in [-0.2, -0.15) is 0 Å². The first-order chi connectivity index (χ1) is 13.4. The molecule has 7 nitrogen and oxygen atoms in total. The van der Waals surface area contributed by atoms with Crippen molar-refractivity contribution in [1.82, 2.24) is 10.5 Å². The molecule has 0 saturated heterocycles. The van der Waals surface area contributed by atoms with Gasteiger partial charge in [0.05, 0.1) is 13.7 Å². The van der Waals surface area contributed by atoms with E-state index in [-0.39, 0.29) is 22.8 Å². The molecule has 1 N–H and O–H groups in total. The third-order valence-corrected chi connectivity index (χ3v) is 5.23. The number of anilines is 1. The van der Waals surface area contributed by atoms with E-state index < -0.39 is 5.82 Å². The molecule has 0 bridgehead atoms. The van der Waals surface area contributed by atoms with Crippen LogP contribution < -0.4 is 15.0 Å². The van der Waals surface area contributed by atoms with E-state index >= 15 is 0 Å². The van der Waals surface area contributed by atoms with Crippen LogP contribution >= 0.6 is 0 Å². The lowest BCUT2D eigenvalue weighted by Gasteiger charge is -2.41. The highest BCUT2D eigenvalue weighted by molar-refractivity contribution is 6.04. The van der Waals surface area contributed by atoms with Crippen LogP contribution in [0.1, 0.15) is 29.6 Å². The Balaban J connectivity index is 1.91. The summed E-state index contributed by atoms with van der Waals surface area (Å²) in [5.74, 6) is -0.0269. The quantitative estimate of drug-likeness (QED) is 0.745. The van der Waals surface area contributed by atoms with Gasteiger partial charge in [0.1, 0.15) is 5.56 Å². The van der Waals surface area contributed by atoms with E-state index in [9.17, 15) is 9.18 Å². The zero-order valence-corrected chi connectivity index (χ0v) is 16.7. The minimum absolute atomic E-state index is 0.0148. The number of aromatic nitrogens is 1. The van der Waals surface area contributed by atoms with Crippen molar-refractivity contribution < 1.29 is 23.2 Å². The number of hydrogen-bond acceptors (Lipinski definition) is 6. The second-order valence-electron chi connectivity index (χ2n) is 7.42. The van der Waals surface area contributed by atoms with Crippen LogP contribution in [0.5, 0.6) is 5.75 Å². The van der Waals surface area contributed by atoms with E-state index in [1.165, 1.54) is 25.3 Å². The molecule has 152 valence electrons. The number of nitrogens with zero attached hydrogens (tertiary/aromatic N) is 2. The van der Waals surface area contributed by atoms with Gasteiger partial charge >= 0.3 is 0 Å². The molecule has 1 heterocycles. The maximum Gasteiger partial charge on any atom is 0.259 e. The first-order valence-corrected chi connectivity index (χ1v) is 9.19. The van der Waals surface area contributed by atoms with Gasteiger partial charge in [0.15, 0.2) is 23.1 Å². The van der Waals surface area contributed by atoms with Crippen molar-refractivity contribution in [3.63, 3.8) is 0 Å². The molecule has 0 spiro atoms. The van der Waals surface area contributed by atoms with Crippen LogP contribution in [0.3, 0.4) is 0 Å². The summed E-state index contributed by atoms with van der Waals surface area (Å²) in [7, 11) is 6.62. The maximum absolute atomic E-state index is 13.8. The van der Waals surface area contributed by atoms with Crippen LogP contribution in [0.2, 0.25) is 0 Å². The molecule has 8 heteroatoms. The Bertz CT molecular complexity index is 846. The van der Waals surface area contributed by atoms with Gasteiger partial charge in [-0.05, 0) is 31.0 Å². The Morgan fingerprint density at radius 1 is 1.36 bits per heavy atom. The van der Waals surface area contributed by atoms with E-state index in [2.05, 4.69) is 10.5 Å². The number of methoxy groups -OCH3 is 2. The van der Waals surface area contributed by atoms with Crippen molar-refractivity contribution in [3.05, 3.63) is 29.6 Å². The average molecular weight is 391 g/mol. The zero-order valence-electron chi connectivity index (χ0n) is 16.7. The van der Waals surface area contributed by atoms with E-state index in [1.807, 2.05) is 0 Å². The van der Waals surface area contributed by atoms with Gasteiger partial charge in [0.25, 0.3) is 5.91 Å². The van der Waals surface area contributed by atoms with Crippen LogP contribution in [0.15, 0.2) is 22.7 Å². The first kappa shape index (κ1) is 20.1. The van der Waals surface area contributed by atoms with Crippen LogP contribution in [0.25, 0.3) is 11.3 Å². The first-order valence-electron chi connectivity index (χ1n) is 9.19. The number of rotatable bonds is 8. The fourth-order valence-corrected chi connectivity index (χ4v) is 3.50. The molecule has 1 aromatic carbocycles. The Morgan fingerprint density at radius 3 is 2.68 bits per heavy atom. The van der Waals surface area contributed by atoms with Crippen molar-refractivity contribution in [2.75, 3.05) is 46.4 Å². The highest BCUT2D eigenvalue weighted by Gasteiger charge is 2.38. The molecular formula is C20H26FN3O4. The SMILES string of the molecule is COCC1(CNC(=O)c2c(N(C)C)noc2-c2ccc(F)c(OC)c2)CCC1. The molecule has 0 radical (unpaired) electrons.